The summed E-state index contributed by atoms with van der Waals surface area (Å²) in [4.78, 5) is 0. The number of nitrogens with zero attached hydrogens (tertiary/aromatic N) is 2. The molecule has 0 aliphatic heterocycles. The maximum absolute atomic E-state index is 9.62. The third-order valence-corrected chi connectivity index (χ3v) is 9.26. The van der Waals surface area contributed by atoms with Gasteiger partial charge in [-0.1, -0.05) is 51.1 Å². The van der Waals surface area contributed by atoms with Crippen LogP contribution in [0.4, 0.5) is 0 Å². The highest BCUT2D eigenvalue weighted by Crippen LogP contribution is 2.39. The second kappa shape index (κ2) is 7.91. The van der Waals surface area contributed by atoms with Crippen molar-refractivity contribution in [1.82, 2.24) is 5.06 Å². The Kier molecular flexibility index (Phi) is 6.80. The summed E-state index contributed by atoms with van der Waals surface area (Å²) in [6.07, 6.45) is 0. The molecule has 0 heterocycles. The van der Waals surface area contributed by atoms with Crippen LogP contribution in [0.5, 0.6) is 0 Å². The lowest BCUT2D eigenvalue weighted by Gasteiger charge is -2.41. The highest BCUT2D eigenvalue weighted by molar-refractivity contribution is 6.73. The monoisotopic (exact) mass is 318 g/mol. The number of nitriles is 1. The Morgan fingerprint density at radius 1 is 1.14 bits per heavy atom. The summed E-state index contributed by atoms with van der Waals surface area (Å²) in [6.45, 7) is 10.6. The molecule has 0 amide bonds. The molecule has 0 spiro atoms. The molecule has 0 saturated carbocycles. The number of rotatable bonds is 8. The lowest BCUT2D eigenvalue weighted by atomic mass is 9.82. The molecular weight excluding hydrogens is 288 g/mol. The van der Waals surface area contributed by atoms with Gasteiger partial charge in [0.25, 0.3) is 0 Å². The van der Waals surface area contributed by atoms with Crippen LogP contribution in [0.3, 0.4) is 0 Å². The third kappa shape index (κ3) is 4.19. The Bertz CT molecular complexity index is 483. The van der Waals surface area contributed by atoms with Gasteiger partial charge < -0.3 is 4.53 Å². The van der Waals surface area contributed by atoms with Gasteiger partial charge in [-0.15, -0.1) is 0 Å². The number of hydrogen-bond acceptors (Lipinski definition) is 3. The summed E-state index contributed by atoms with van der Waals surface area (Å²) in [5.74, 6) is 0. The summed E-state index contributed by atoms with van der Waals surface area (Å²) in [5, 5.41) is 11.6. The molecule has 1 aromatic rings. The van der Waals surface area contributed by atoms with Crippen molar-refractivity contribution < 1.29 is 4.53 Å². The van der Waals surface area contributed by atoms with E-state index in [0.29, 0.717) is 0 Å². The Labute approximate surface area is 137 Å². The Balaban J connectivity index is 3.15. The maximum Gasteiger partial charge on any atom is 0.220 e. The summed E-state index contributed by atoms with van der Waals surface area (Å²) in [7, 11) is 0.234. The fourth-order valence-corrected chi connectivity index (χ4v) is 5.68. The largest absolute Gasteiger partial charge is 0.342 e. The van der Waals surface area contributed by atoms with Crippen LogP contribution in [0, 0.1) is 16.7 Å². The van der Waals surface area contributed by atoms with Crippen molar-refractivity contribution in [3.05, 3.63) is 35.9 Å². The quantitative estimate of drug-likeness (QED) is 0.491. The minimum atomic E-state index is -1.75. The van der Waals surface area contributed by atoms with Crippen molar-refractivity contribution in [3.63, 3.8) is 0 Å². The molecule has 1 unspecified atom stereocenters. The van der Waals surface area contributed by atoms with E-state index in [1.165, 1.54) is 0 Å². The van der Waals surface area contributed by atoms with Crippen molar-refractivity contribution >= 4 is 8.32 Å². The molecule has 0 bridgehead atoms. The van der Waals surface area contributed by atoms with Crippen LogP contribution < -0.4 is 0 Å². The van der Waals surface area contributed by atoms with Crippen LogP contribution in [0.15, 0.2) is 30.3 Å². The van der Waals surface area contributed by atoms with E-state index in [1.807, 2.05) is 44.2 Å². The summed E-state index contributed by atoms with van der Waals surface area (Å²) < 4.78 is 6.51. The van der Waals surface area contributed by atoms with Gasteiger partial charge in [-0.25, -0.2) is 0 Å². The fraction of sp³-hybridized carbons (Fsp3) is 0.611. The predicted octanol–water partition coefficient (Wildman–Crippen LogP) is 5.15. The van der Waals surface area contributed by atoms with Gasteiger partial charge >= 0.3 is 0 Å². The van der Waals surface area contributed by atoms with Gasteiger partial charge in [0.1, 0.15) is 0 Å². The minimum Gasteiger partial charge on any atom is -0.342 e. The normalized spacial score (nSPS) is 13.9. The average molecular weight is 319 g/mol. The molecule has 0 aromatic heterocycles. The summed E-state index contributed by atoms with van der Waals surface area (Å²) >= 11 is 0. The first kappa shape index (κ1) is 18.9. The molecule has 0 N–H and O–H groups in total. The van der Waals surface area contributed by atoms with Crippen molar-refractivity contribution in [2.75, 3.05) is 7.05 Å². The molecule has 22 heavy (non-hydrogen) atoms. The van der Waals surface area contributed by atoms with Gasteiger partial charge in [0.2, 0.25) is 8.32 Å². The molecule has 0 radical (unpaired) electrons. The van der Waals surface area contributed by atoms with Gasteiger partial charge in [0, 0.05) is 7.05 Å². The summed E-state index contributed by atoms with van der Waals surface area (Å²) in [6, 6.07) is 15.9. The zero-order valence-corrected chi connectivity index (χ0v) is 15.9. The Hall–Kier alpha value is -1.15. The van der Waals surface area contributed by atoms with Crippen LogP contribution in [0.1, 0.15) is 46.2 Å². The van der Waals surface area contributed by atoms with Crippen LogP contribution in [-0.4, -0.2) is 20.4 Å². The molecule has 0 aliphatic rings. The molecule has 122 valence electrons. The molecule has 0 saturated heterocycles. The van der Waals surface area contributed by atoms with Crippen LogP contribution in [0.25, 0.3) is 0 Å². The molecular formula is C18H30N2OSi. The SMILES string of the molecule is CC[Si](CC)(CC)ON(C)C(c1ccccc1)C(C)(C)C#N. The molecule has 4 heteroatoms. The zero-order chi connectivity index (χ0) is 16.8. The van der Waals surface area contributed by atoms with Gasteiger partial charge in [0.15, 0.2) is 0 Å². The van der Waals surface area contributed by atoms with Crippen molar-refractivity contribution in [3.8, 4) is 6.07 Å². The average Bonchev–Trinajstić information content (AvgIpc) is 2.53. The van der Waals surface area contributed by atoms with Crippen molar-refractivity contribution in [2.45, 2.75) is 58.8 Å². The molecule has 1 rings (SSSR count). The first-order valence-corrected chi connectivity index (χ1v) is 10.8. The molecule has 0 fully saturated rings. The van der Waals surface area contributed by atoms with Crippen LogP contribution in [-0.2, 0) is 4.53 Å². The van der Waals surface area contributed by atoms with E-state index in [4.69, 9.17) is 4.53 Å². The van der Waals surface area contributed by atoms with Gasteiger partial charge in [-0.2, -0.15) is 10.3 Å². The standard InChI is InChI=1S/C18H30N2OSi/c1-7-22(8-2,9-3)21-20(6)17(18(4,5)15-19)16-13-11-10-12-14-16/h10-14,17H,7-9H2,1-6H3. The second-order valence-electron chi connectivity index (χ2n) is 6.53. The summed E-state index contributed by atoms with van der Waals surface area (Å²) in [5.41, 5.74) is 0.605. The fourth-order valence-electron chi connectivity index (χ4n) is 3.08. The lowest BCUT2D eigenvalue weighted by molar-refractivity contribution is -0.110. The van der Waals surface area contributed by atoms with Crippen molar-refractivity contribution in [1.29, 1.82) is 5.26 Å². The van der Waals surface area contributed by atoms with Crippen LogP contribution in [0.2, 0.25) is 18.1 Å². The number of hydroxylamine groups is 2. The van der Waals surface area contributed by atoms with Gasteiger partial charge in [-0.05, 0) is 37.5 Å². The van der Waals surface area contributed by atoms with E-state index in [1.54, 1.807) is 0 Å². The lowest BCUT2D eigenvalue weighted by Crippen LogP contribution is -2.46. The first-order chi connectivity index (χ1) is 10.4. The third-order valence-electron chi connectivity index (χ3n) is 4.72. The van der Waals surface area contributed by atoms with E-state index < -0.39 is 13.7 Å². The highest BCUT2D eigenvalue weighted by Gasteiger charge is 2.39. The van der Waals surface area contributed by atoms with E-state index in [2.05, 4.69) is 39.0 Å². The highest BCUT2D eigenvalue weighted by atomic mass is 28.4. The van der Waals surface area contributed by atoms with Gasteiger partial charge in [-0.3, -0.25) is 0 Å². The van der Waals surface area contributed by atoms with E-state index in [9.17, 15) is 5.26 Å². The molecule has 1 aromatic carbocycles. The predicted molar refractivity (Wildman–Crippen MR) is 94.6 cm³/mol. The second-order valence-corrected chi connectivity index (χ2v) is 11.2. The first-order valence-electron chi connectivity index (χ1n) is 8.24. The topological polar surface area (TPSA) is 36.3 Å². The smallest absolute Gasteiger partial charge is 0.220 e. The zero-order valence-electron chi connectivity index (χ0n) is 14.9. The van der Waals surface area contributed by atoms with Crippen LogP contribution >= 0.6 is 0 Å². The Morgan fingerprint density at radius 3 is 2.05 bits per heavy atom. The minimum absolute atomic E-state index is 0.0739. The number of benzene rings is 1. The van der Waals surface area contributed by atoms with E-state index in [-0.39, 0.29) is 6.04 Å². The van der Waals surface area contributed by atoms with Crippen molar-refractivity contribution in [2.24, 2.45) is 5.41 Å². The number of hydrogen-bond donors (Lipinski definition) is 0. The van der Waals surface area contributed by atoms with E-state index >= 15 is 0 Å². The Morgan fingerprint density at radius 2 is 1.64 bits per heavy atom. The molecule has 1 atom stereocenters. The molecule has 0 aliphatic carbocycles. The van der Waals surface area contributed by atoms with E-state index in [0.717, 1.165) is 23.7 Å². The maximum atomic E-state index is 9.62. The molecule has 3 nitrogen and oxygen atoms in total. The van der Waals surface area contributed by atoms with Gasteiger partial charge in [0.05, 0.1) is 17.5 Å².